The lowest BCUT2D eigenvalue weighted by molar-refractivity contribution is -0.111. The summed E-state index contributed by atoms with van der Waals surface area (Å²) >= 11 is 3.41. The lowest BCUT2D eigenvalue weighted by Gasteiger charge is -2.06. The van der Waals surface area contributed by atoms with Crippen molar-refractivity contribution in [1.82, 2.24) is 0 Å². The van der Waals surface area contributed by atoms with Crippen molar-refractivity contribution in [2.24, 2.45) is 0 Å². The molecule has 0 saturated carbocycles. The molecule has 154 valence electrons. The smallest absolute Gasteiger partial charge is 0.344 e. The van der Waals surface area contributed by atoms with Gasteiger partial charge in [0.15, 0.2) is 0 Å². The molecule has 31 heavy (non-hydrogen) atoms. The van der Waals surface area contributed by atoms with Crippen LogP contribution in [0.4, 0.5) is 5.69 Å². The highest BCUT2D eigenvalue weighted by atomic mass is 79.9. The molecule has 4 aromatic rings. The summed E-state index contributed by atoms with van der Waals surface area (Å²) in [7, 11) is 1.58. The van der Waals surface area contributed by atoms with E-state index in [0.29, 0.717) is 28.1 Å². The second-order valence-electron chi connectivity index (χ2n) is 6.77. The Labute approximate surface area is 187 Å². The molecule has 1 N–H and O–H groups in total. The second kappa shape index (κ2) is 9.02. The van der Waals surface area contributed by atoms with E-state index in [1.165, 1.54) is 6.08 Å². The molecule has 0 spiro atoms. The number of para-hydroxylation sites is 1. The Balaban J connectivity index is 1.50. The second-order valence-corrected chi connectivity index (χ2v) is 7.69. The number of hydrogen-bond acceptors (Lipinski definition) is 4. The molecule has 0 unspecified atom stereocenters. The van der Waals surface area contributed by atoms with Crippen molar-refractivity contribution in [3.8, 4) is 16.9 Å². The first-order valence-electron chi connectivity index (χ1n) is 9.49. The predicted molar refractivity (Wildman–Crippen MR) is 126 cm³/mol. The van der Waals surface area contributed by atoms with E-state index in [-0.39, 0.29) is 5.91 Å². The van der Waals surface area contributed by atoms with Gasteiger partial charge in [-0.05, 0) is 54.1 Å². The Hall–Kier alpha value is -3.64. The Kier molecular flexibility index (Phi) is 6.00. The van der Waals surface area contributed by atoms with Gasteiger partial charge in [0.25, 0.3) is 0 Å². The summed E-state index contributed by atoms with van der Waals surface area (Å²) in [5.74, 6) is 0.394. The molecular weight excluding hydrogens is 458 g/mol. The van der Waals surface area contributed by atoms with Gasteiger partial charge >= 0.3 is 5.63 Å². The fourth-order valence-electron chi connectivity index (χ4n) is 3.18. The molecule has 0 aliphatic heterocycles. The number of carbonyl (C=O) groups excluding carboxylic acids is 1. The quantitative estimate of drug-likeness (QED) is 0.289. The molecule has 1 aromatic heterocycles. The molecule has 5 nitrogen and oxygen atoms in total. The Bertz CT molecular complexity index is 1340. The van der Waals surface area contributed by atoms with Gasteiger partial charge in [0.2, 0.25) is 5.91 Å². The number of carbonyl (C=O) groups is 1. The minimum atomic E-state index is -0.401. The van der Waals surface area contributed by atoms with Crippen LogP contribution in [0.5, 0.6) is 5.75 Å². The minimum absolute atomic E-state index is 0.278. The Morgan fingerprint density at radius 3 is 2.58 bits per heavy atom. The van der Waals surface area contributed by atoms with Crippen molar-refractivity contribution in [3.63, 3.8) is 0 Å². The van der Waals surface area contributed by atoms with Crippen LogP contribution in [0.15, 0.2) is 92.6 Å². The van der Waals surface area contributed by atoms with E-state index in [1.807, 2.05) is 42.5 Å². The van der Waals surface area contributed by atoms with Crippen molar-refractivity contribution < 1.29 is 13.9 Å². The summed E-state index contributed by atoms with van der Waals surface area (Å²) in [5, 5.41) is 3.66. The number of rotatable bonds is 5. The van der Waals surface area contributed by atoms with E-state index in [4.69, 9.17) is 9.15 Å². The van der Waals surface area contributed by atoms with Gasteiger partial charge in [-0.3, -0.25) is 4.79 Å². The molecule has 6 heteroatoms. The number of benzene rings is 3. The van der Waals surface area contributed by atoms with Gasteiger partial charge in [0, 0.05) is 27.2 Å². The van der Waals surface area contributed by atoms with Gasteiger partial charge in [0.1, 0.15) is 11.3 Å². The zero-order valence-corrected chi connectivity index (χ0v) is 18.2. The topological polar surface area (TPSA) is 68.5 Å². The summed E-state index contributed by atoms with van der Waals surface area (Å²) in [5.41, 5.74) is 2.73. The highest BCUT2D eigenvalue weighted by Gasteiger charge is 2.08. The summed E-state index contributed by atoms with van der Waals surface area (Å²) in [6.07, 6.45) is 3.13. The van der Waals surface area contributed by atoms with Gasteiger partial charge in [-0.1, -0.05) is 46.3 Å². The van der Waals surface area contributed by atoms with E-state index < -0.39 is 5.63 Å². The van der Waals surface area contributed by atoms with E-state index in [2.05, 4.69) is 21.2 Å². The van der Waals surface area contributed by atoms with E-state index in [1.54, 1.807) is 43.5 Å². The van der Waals surface area contributed by atoms with Crippen LogP contribution in [-0.2, 0) is 4.79 Å². The number of anilines is 1. The standard InChI is InChI=1S/C25H18BrNO4/c1-30-22-12-9-19(26)14-18(22)8-13-24(28)27-20-10-6-16(7-11-20)21-15-17-4-2-3-5-23(17)31-25(21)29/h2-15H,1H3,(H,27,28)/b13-8-. The Morgan fingerprint density at radius 2 is 1.81 bits per heavy atom. The molecule has 0 atom stereocenters. The maximum atomic E-state index is 12.3. The summed E-state index contributed by atoms with van der Waals surface area (Å²) in [6, 6.07) is 21.8. The normalized spacial score (nSPS) is 11.0. The number of halogens is 1. The monoisotopic (exact) mass is 475 g/mol. The average Bonchev–Trinajstić information content (AvgIpc) is 2.78. The molecule has 0 aliphatic rings. The maximum absolute atomic E-state index is 12.3. The van der Waals surface area contributed by atoms with Crippen LogP contribution in [0.3, 0.4) is 0 Å². The van der Waals surface area contributed by atoms with Crippen LogP contribution < -0.4 is 15.7 Å². The van der Waals surface area contributed by atoms with E-state index >= 15 is 0 Å². The number of methoxy groups -OCH3 is 1. The number of amides is 1. The van der Waals surface area contributed by atoms with Crippen molar-refractivity contribution in [2.75, 3.05) is 12.4 Å². The van der Waals surface area contributed by atoms with Gasteiger partial charge < -0.3 is 14.5 Å². The minimum Gasteiger partial charge on any atom is -0.496 e. The lowest BCUT2D eigenvalue weighted by atomic mass is 10.1. The molecular formula is C25H18BrNO4. The predicted octanol–water partition coefficient (Wildman–Crippen LogP) is 5.88. The maximum Gasteiger partial charge on any atom is 0.344 e. The van der Waals surface area contributed by atoms with Gasteiger partial charge in [0.05, 0.1) is 12.7 Å². The lowest BCUT2D eigenvalue weighted by Crippen LogP contribution is -2.08. The van der Waals surface area contributed by atoms with Crippen LogP contribution >= 0.6 is 15.9 Å². The summed E-state index contributed by atoms with van der Waals surface area (Å²) < 4.78 is 11.6. The van der Waals surface area contributed by atoms with Crippen molar-refractivity contribution in [2.45, 2.75) is 0 Å². The van der Waals surface area contributed by atoms with Crippen LogP contribution in [-0.4, -0.2) is 13.0 Å². The molecule has 1 amide bonds. The zero-order chi connectivity index (χ0) is 21.8. The fourth-order valence-corrected chi connectivity index (χ4v) is 3.56. The van der Waals surface area contributed by atoms with Crippen LogP contribution in [0.2, 0.25) is 0 Å². The van der Waals surface area contributed by atoms with E-state index in [0.717, 1.165) is 15.4 Å². The van der Waals surface area contributed by atoms with Crippen LogP contribution in [0, 0.1) is 0 Å². The summed E-state index contributed by atoms with van der Waals surface area (Å²) in [6.45, 7) is 0. The number of ether oxygens (including phenoxy) is 1. The molecule has 0 fully saturated rings. The van der Waals surface area contributed by atoms with Gasteiger partial charge in [-0.25, -0.2) is 4.79 Å². The molecule has 0 aliphatic carbocycles. The highest BCUT2D eigenvalue weighted by molar-refractivity contribution is 9.10. The molecule has 0 radical (unpaired) electrons. The SMILES string of the molecule is COc1ccc(Br)cc1/C=C\C(=O)Nc1ccc(-c2cc3ccccc3oc2=O)cc1. The molecule has 0 bridgehead atoms. The molecule has 1 heterocycles. The highest BCUT2D eigenvalue weighted by Crippen LogP contribution is 2.25. The van der Waals surface area contributed by atoms with Gasteiger partial charge in [-0.15, -0.1) is 0 Å². The first kappa shape index (κ1) is 20.6. The van der Waals surface area contributed by atoms with Crippen molar-refractivity contribution in [1.29, 1.82) is 0 Å². The van der Waals surface area contributed by atoms with E-state index in [9.17, 15) is 9.59 Å². The first-order valence-corrected chi connectivity index (χ1v) is 10.3. The molecule has 0 saturated heterocycles. The number of fused-ring (bicyclic) bond motifs is 1. The Morgan fingerprint density at radius 1 is 1.03 bits per heavy atom. The third kappa shape index (κ3) is 4.75. The van der Waals surface area contributed by atoms with Crippen LogP contribution in [0.25, 0.3) is 28.2 Å². The third-order valence-corrected chi connectivity index (χ3v) is 5.20. The number of hydrogen-bond donors (Lipinski definition) is 1. The number of nitrogens with one attached hydrogen (secondary N) is 1. The van der Waals surface area contributed by atoms with Crippen molar-refractivity contribution >= 4 is 44.6 Å². The van der Waals surface area contributed by atoms with Gasteiger partial charge in [-0.2, -0.15) is 0 Å². The zero-order valence-electron chi connectivity index (χ0n) is 16.6. The molecule has 4 rings (SSSR count). The first-order chi connectivity index (χ1) is 15.0. The fraction of sp³-hybridized carbons (Fsp3) is 0.0400. The van der Waals surface area contributed by atoms with Crippen molar-refractivity contribution in [3.05, 3.63) is 99.3 Å². The third-order valence-electron chi connectivity index (χ3n) is 4.71. The average molecular weight is 476 g/mol. The summed E-state index contributed by atoms with van der Waals surface area (Å²) in [4.78, 5) is 24.6. The largest absolute Gasteiger partial charge is 0.496 e. The van der Waals surface area contributed by atoms with Crippen LogP contribution in [0.1, 0.15) is 5.56 Å². The molecule has 3 aromatic carbocycles.